The van der Waals surface area contributed by atoms with Crippen LogP contribution in [0, 0.1) is 10.1 Å². The van der Waals surface area contributed by atoms with Gasteiger partial charge in [-0.3, -0.25) is 19.8 Å². The number of likely N-dealkylation sites (tertiary alicyclic amines) is 1. The number of nitro benzene ring substituents is 1. The van der Waals surface area contributed by atoms with Crippen LogP contribution in [0.4, 0.5) is 11.4 Å². The summed E-state index contributed by atoms with van der Waals surface area (Å²) in [5, 5.41) is 14.1. The van der Waals surface area contributed by atoms with Crippen molar-refractivity contribution in [2.24, 2.45) is 0 Å². The van der Waals surface area contributed by atoms with Gasteiger partial charge in [-0.15, -0.1) is 0 Å². The normalized spacial score (nSPS) is 25.6. The molecular formula is C20H30N4O4. The Morgan fingerprint density at radius 3 is 2.71 bits per heavy atom. The van der Waals surface area contributed by atoms with E-state index in [2.05, 4.69) is 24.1 Å². The fraction of sp³-hybridized carbons (Fsp3) is 0.650. The summed E-state index contributed by atoms with van der Waals surface area (Å²) in [6.45, 7) is 8.07. The molecule has 28 heavy (non-hydrogen) atoms. The topological polar surface area (TPSA) is 88.0 Å². The molecule has 0 spiro atoms. The summed E-state index contributed by atoms with van der Waals surface area (Å²) >= 11 is 0. The molecule has 8 nitrogen and oxygen atoms in total. The van der Waals surface area contributed by atoms with Gasteiger partial charge in [-0.1, -0.05) is 12.1 Å². The molecule has 0 unspecified atom stereocenters. The first kappa shape index (κ1) is 20.5. The van der Waals surface area contributed by atoms with Crippen LogP contribution in [0.2, 0.25) is 0 Å². The minimum absolute atomic E-state index is 0.0320. The molecule has 1 aromatic rings. The molecule has 1 aromatic carbocycles. The highest BCUT2D eigenvalue weighted by Gasteiger charge is 2.32. The van der Waals surface area contributed by atoms with Crippen LogP contribution in [0.15, 0.2) is 24.3 Å². The van der Waals surface area contributed by atoms with Crippen LogP contribution in [0.5, 0.6) is 0 Å². The number of ether oxygens (including phenoxy) is 1. The minimum atomic E-state index is -0.412. The van der Waals surface area contributed by atoms with Gasteiger partial charge >= 0.3 is 0 Å². The number of amides is 1. The SMILES string of the molecule is C[C@@H]1CN(C[C@H]2CCCN2C(=O)CCNc2ccccc2[N+](=O)[O-])C[C@H](C)O1. The van der Waals surface area contributed by atoms with E-state index in [9.17, 15) is 14.9 Å². The Hall–Kier alpha value is -2.19. The quantitative estimate of drug-likeness (QED) is 0.568. The first-order valence-corrected chi connectivity index (χ1v) is 10.1. The fourth-order valence-electron chi connectivity index (χ4n) is 4.32. The number of carbonyl (C=O) groups excluding carboxylic acids is 1. The van der Waals surface area contributed by atoms with Gasteiger partial charge in [0.2, 0.25) is 5.91 Å². The van der Waals surface area contributed by atoms with E-state index in [1.54, 1.807) is 18.2 Å². The Kier molecular flexibility index (Phi) is 6.85. The summed E-state index contributed by atoms with van der Waals surface area (Å²) in [7, 11) is 0. The zero-order chi connectivity index (χ0) is 20.1. The highest BCUT2D eigenvalue weighted by atomic mass is 16.6. The third kappa shape index (κ3) is 5.20. The predicted octanol–water partition coefficient (Wildman–Crippen LogP) is 2.50. The Bertz CT molecular complexity index is 689. The lowest BCUT2D eigenvalue weighted by molar-refractivity contribution is -0.384. The Morgan fingerprint density at radius 1 is 1.29 bits per heavy atom. The number of para-hydroxylation sites is 2. The maximum Gasteiger partial charge on any atom is 0.292 e. The van der Waals surface area contributed by atoms with Crippen molar-refractivity contribution in [3.05, 3.63) is 34.4 Å². The van der Waals surface area contributed by atoms with Crippen molar-refractivity contribution in [3.63, 3.8) is 0 Å². The molecule has 0 saturated carbocycles. The average molecular weight is 390 g/mol. The van der Waals surface area contributed by atoms with E-state index in [0.717, 1.165) is 39.0 Å². The van der Waals surface area contributed by atoms with Crippen molar-refractivity contribution < 1.29 is 14.5 Å². The van der Waals surface area contributed by atoms with Gasteiger partial charge < -0.3 is 15.0 Å². The molecule has 1 N–H and O–H groups in total. The van der Waals surface area contributed by atoms with Gasteiger partial charge in [0.25, 0.3) is 5.69 Å². The molecule has 2 saturated heterocycles. The molecule has 2 fully saturated rings. The van der Waals surface area contributed by atoms with Crippen molar-refractivity contribution in [3.8, 4) is 0 Å². The number of nitro groups is 1. The molecule has 154 valence electrons. The third-order valence-electron chi connectivity index (χ3n) is 5.42. The number of hydrogen-bond donors (Lipinski definition) is 1. The number of anilines is 1. The van der Waals surface area contributed by atoms with Crippen LogP contribution in [-0.2, 0) is 9.53 Å². The van der Waals surface area contributed by atoms with E-state index >= 15 is 0 Å². The highest BCUT2D eigenvalue weighted by Crippen LogP contribution is 2.24. The van der Waals surface area contributed by atoms with E-state index in [4.69, 9.17) is 4.74 Å². The number of benzene rings is 1. The summed E-state index contributed by atoms with van der Waals surface area (Å²) < 4.78 is 5.80. The molecule has 3 rings (SSSR count). The van der Waals surface area contributed by atoms with Gasteiger partial charge in [-0.05, 0) is 32.8 Å². The van der Waals surface area contributed by atoms with Crippen LogP contribution >= 0.6 is 0 Å². The summed E-state index contributed by atoms with van der Waals surface area (Å²) in [4.78, 5) is 27.8. The number of nitrogens with zero attached hydrogens (tertiary/aromatic N) is 3. The lowest BCUT2D eigenvalue weighted by Gasteiger charge is -2.38. The minimum Gasteiger partial charge on any atom is -0.379 e. The molecule has 0 bridgehead atoms. The number of morpholine rings is 1. The Balaban J connectivity index is 1.50. The summed E-state index contributed by atoms with van der Waals surface area (Å²) in [5.41, 5.74) is 0.485. The van der Waals surface area contributed by atoms with E-state index in [0.29, 0.717) is 18.7 Å². The van der Waals surface area contributed by atoms with Gasteiger partial charge in [-0.2, -0.15) is 0 Å². The highest BCUT2D eigenvalue weighted by molar-refractivity contribution is 5.77. The van der Waals surface area contributed by atoms with Crippen LogP contribution in [0.1, 0.15) is 33.1 Å². The van der Waals surface area contributed by atoms with Gasteiger partial charge in [0, 0.05) is 51.3 Å². The number of nitrogens with one attached hydrogen (secondary N) is 1. The van der Waals surface area contributed by atoms with Gasteiger partial charge in [0.05, 0.1) is 17.1 Å². The molecule has 0 radical (unpaired) electrons. The molecule has 3 atom stereocenters. The third-order valence-corrected chi connectivity index (χ3v) is 5.42. The summed E-state index contributed by atoms with van der Waals surface area (Å²) in [6, 6.07) is 6.76. The van der Waals surface area contributed by atoms with Crippen LogP contribution in [0.25, 0.3) is 0 Å². The second-order valence-corrected chi connectivity index (χ2v) is 7.81. The average Bonchev–Trinajstić information content (AvgIpc) is 3.09. The summed E-state index contributed by atoms with van der Waals surface area (Å²) in [6.07, 6.45) is 2.84. The monoisotopic (exact) mass is 390 g/mol. The number of hydrogen-bond acceptors (Lipinski definition) is 6. The van der Waals surface area contributed by atoms with Crippen LogP contribution in [0.3, 0.4) is 0 Å². The second kappa shape index (κ2) is 9.34. The largest absolute Gasteiger partial charge is 0.379 e. The Labute approximate surface area is 166 Å². The molecular weight excluding hydrogens is 360 g/mol. The lowest BCUT2D eigenvalue weighted by Crippen LogP contribution is -2.51. The molecule has 2 aliphatic rings. The van der Waals surface area contributed by atoms with E-state index in [1.165, 1.54) is 6.07 Å². The standard InChI is InChI=1S/C20H30N4O4/c1-15-12-22(13-16(2)28-15)14-17-6-5-11-23(17)20(25)9-10-21-18-7-3-4-8-19(18)24(26)27/h3-4,7-8,15-17,21H,5-6,9-14H2,1-2H3/t15-,16+,17-/m1/s1. The van der Waals surface area contributed by atoms with Gasteiger partial charge in [0.15, 0.2) is 0 Å². The fourth-order valence-corrected chi connectivity index (χ4v) is 4.32. The molecule has 8 heteroatoms. The molecule has 2 aliphatic heterocycles. The van der Waals surface area contributed by atoms with Crippen molar-refractivity contribution in [1.29, 1.82) is 0 Å². The molecule has 1 amide bonds. The summed E-state index contributed by atoms with van der Waals surface area (Å²) in [5.74, 6) is 0.114. The zero-order valence-corrected chi connectivity index (χ0v) is 16.7. The number of carbonyl (C=O) groups is 1. The van der Waals surface area contributed by atoms with E-state index in [-0.39, 0.29) is 29.8 Å². The van der Waals surface area contributed by atoms with Crippen molar-refractivity contribution in [2.75, 3.05) is 38.0 Å². The smallest absolute Gasteiger partial charge is 0.292 e. The maximum atomic E-state index is 12.7. The lowest BCUT2D eigenvalue weighted by atomic mass is 10.1. The maximum absolute atomic E-state index is 12.7. The van der Waals surface area contributed by atoms with Crippen molar-refractivity contribution in [1.82, 2.24) is 9.80 Å². The first-order chi connectivity index (χ1) is 13.4. The van der Waals surface area contributed by atoms with Gasteiger partial charge in [0.1, 0.15) is 5.69 Å². The predicted molar refractivity (Wildman–Crippen MR) is 107 cm³/mol. The Morgan fingerprint density at radius 2 is 2.00 bits per heavy atom. The molecule has 0 aliphatic carbocycles. The number of rotatable bonds is 7. The molecule has 2 heterocycles. The second-order valence-electron chi connectivity index (χ2n) is 7.81. The van der Waals surface area contributed by atoms with Crippen molar-refractivity contribution in [2.45, 2.75) is 51.4 Å². The van der Waals surface area contributed by atoms with E-state index in [1.807, 2.05) is 4.90 Å². The van der Waals surface area contributed by atoms with Crippen molar-refractivity contribution >= 4 is 17.3 Å². The van der Waals surface area contributed by atoms with Crippen LogP contribution < -0.4 is 5.32 Å². The zero-order valence-electron chi connectivity index (χ0n) is 16.7. The first-order valence-electron chi connectivity index (χ1n) is 10.1. The molecule has 0 aromatic heterocycles. The van der Waals surface area contributed by atoms with Gasteiger partial charge in [-0.25, -0.2) is 0 Å². The van der Waals surface area contributed by atoms with E-state index < -0.39 is 4.92 Å². The van der Waals surface area contributed by atoms with Crippen LogP contribution in [-0.4, -0.2) is 71.6 Å².